The number of hydrogen-bond acceptors (Lipinski definition) is 3. The molecular formula is C15H24N2O2. The lowest BCUT2D eigenvalue weighted by atomic mass is 9.97. The van der Waals surface area contributed by atoms with E-state index in [1.54, 1.807) is 7.05 Å². The maximum absolute atomic E-state index is 10.8. The normalized spacial score (nSPS) is 12.4. The highest BCUT2D eigenvalue weighted by atomic mass is 16.4. The Morgan fingerprint density at radius 2 is 1.84 bits per heavy atom. The van der Waals surface area contributed by atoms with E-state index in [4.69, 9.17) is 5.11 Å². The number of carbonyl (C=O) groups is 1. The van der Waals surface area contributed by atoms with Crippen molar-refractivity contribution in [2.75, 3.05) is 20.1 Å². The minimum absolute atomic E-state index is 0.440. The van der Waals surface area contributed by atoms with Gasteiger partial charge in [-0.2, -0.15) is 0 Å². The molecule has 1 atom stereocenters. The van der Waals surface area contributed by atoms with Crippen molar-refractivity contribution < 1.29 is 9.90 Å². The maximum atomic E-state index is 10.8. The molecule has 1 rings (SSSR count). The predicted molar refractivity (Wildman–Crippen MR) is 77.7 cm³/mol. The number of nitrogens with one attached hydrogen (secondary N) is 2. The highest BCUT2D eigenvalue weighted by Crippen LogP contribution is 2.16. The van der Waals surface area contributed by atoms with Crippen molar-refractivity contribution in [3.63, 3.8) is 0 Å². The summed E-state index contributed by atoms with van der Waals surface area (Å²) >= 11 is 0. The van der Waals surface area contributed by atoms with Gasteiger partial charge in [0.25, 0.3) is 0 Å². The Bertz CT molecular complexity index is 421. The van der Waals surface area contributed by atoms with Gasteiger partial charge in [-0.25, -0.2) is 0 Å². The average Bonchev–Trinajstić information content (AvgIpc) is 2.31. The zero-order valence-electron chi connectivity index (χ0n) is 12.2. The topological polar surface area (TPSA) is 61.4 Å². The van der Waals surface area contributed by atoms with Crippen LogP contribution in [0.3, 0.4) is 0 Å². The van der Waals surface area contributed by atoms with E-state index in [0.29, 0.717) is 6.54 Å². The Morgan fingerprint density at radius 1 is 1.26 bits per heavy atom. The SMILES string of the molecule is CNC(CNCCc1c(C)cc(C)cc1C)C(=O)O. The van der Waals surface area contributed by atoms with Crippen molar-refractivity contribution in [1.29, 1.82) is 0 Å². The number of aryl methyl sites for hydroxylation is 3. The van der Waals surface area contributed by atoms with Gasteiger partial charge in [0, 0.05) is 6.54 Å². The number of benzene rings is 1. The molecule has 0 heterocycles. The molecule has 0 bridgehead atoms. The van der Waals surface area contributed by atoms with Gasteiger partial charge in [-0.15, -0.1) is 0 Å². The monoisotopic (exact) mass is 264 g/mol. The standard InChI is InChI=1S/C15H24N2O2/c1-10-7-11(2)13(12(3)8-10)5-6-17-9-14(16-4)15(18)19/h7-8,14,16-17H,5-6,9H2,1-4H3,(H,18,19). The molecule has 0 aliphatic carbocycles. The van der Waals surface area contributed by atoms with Crippen LogP contribution in [0, 0.1) is 20.8 Å². The highest BCUT2D eigenvalue weighted by molar-refractivity contribution is 5.73. The predicted octanol–water partition coefficient (Wildman–Crippen LogP) is 1.42. The molecule has 106 valence electrons. The number of aliphatic carboxylic acids is 1. The summed E-state index contributed by atoms with van der Waals surface area (Å²) in [5.41, 5.74) is 5.26. The summed E-state index contributed by atoms with van der Waals surface area (Å²) in [5.74, 6) is -0.822. The van der Waals surface area contributed by atoms with E-state index < -0.39 is 12.0 Å². The molecule has 0 radical (unpaired) electrons. The van der Waals surface area contributed by atoms with Crippen LogP contribution in [0.2, 0.25) is 0 Å². The van der Waals surface area contributed by atoms with Gasteiger partial charge in [-0.1, -0.05) is 17.7 Å². The van der Waals surface area contributed by atoms with Crippen molar-refractivity contribution in [2.45, 2.75) is 33.2 Å². The number of rotatable bonds is 7. The molecule has 0 spiro atoms. The highest BCUT2D eigenvalue weighted by Gasteiger charge is 2.13. The van der Waals surface area contributed by atoms with Crippen LogP contribution in [0.5, 0.6) is 0 Å². The second kappa shape index (κ2) is 7.26. The molecule has 0 aliphatic heterocycles. The van der Waals surface area contributed by atoms with Gasteiger partial charge in [-0.3, -0.25) is 4.79 Å². The fourth-order valence-electron chi connectivity index (χ4n) is 2.38. The van der Waals surface area contributed by atoms with Crippen molar-refractivity contribution in [3.05, 3.63) is 34.4 Å². The van der Waals surface area contributed by atoms with E-state index >= 15 is 0 Å². The molecule has 19 heavy (non-hydrogen) atoms. The number of carboxylic acid groups (broad SMARTS) is 1. The molecule has 0 saturated heterocycles. The van der Waals surface area contributed by atoms with Gasteiger partial charge >= 0.3 is 5.97 Å². The summed E-state index contributed by atoms with van der Waals surface area (Å²) in [4.78, 5) is 10.8. The molecule has 4 nitrogen and oxygen atoms in total. The third-order valence-corrected chi connectivity index (χ3v) is 3.39. The third-order valence-electron chi connectivity index (χ3n) is 3.39. The zero-order valence-corrected chi connectivity index (χ0v) is 12.2. The van der Waals surface area contributed by atoms with E-state index in [9.17, 15) is 4.79 Å². The first-order chi connectivity index (χ1) is 8.95. The van der Waals surface area contributed by atoms with Gasteiger partial charge in [0.1, 0.15) is 6.04 Å². The van der Waals surface area contributed by atoms with Crippen LogP contribution in [0.15, 0.2) is 12.1 Å². The van der Waals surface area contributed by atoms with E-state index in [1.807, 2.05) is 0 Å². The zero-order chi connectivity index (χ0) is 14.4. The van der Waals surface area contributed by atoms with Gasteiger partial charge in [0.15, 0.2) is 0 Å². The molecular weight excluding hydrogens is 240 g/mol. The lowest BCUT2D eigenvalue weighted by molar-refractivity contribution is -0.139. The molecule has 1 aromatic rings. The summed E-state index contributed by atoms with van der Waals surface area (Å²) in [7, 11) is 1.66. The Labute approximate surface area is 115 Å². The molecule has 4 heteroatoms. The van der Waals surface area contributed by atoms with Crippen LogP contribution in [0.1, 0.15) is 22.3 Å². The van der Waals surface area contributed by atoms with Crippen molar-refractivity contribution in [1.82, 2.24) is 10.6 Å². The summed E-state index contributed by atoms with van der Waals surface area (Å²) in [6, 6.07) is 3.85. The Hall–Kier alpha value is -1.39. The van der Waals surface area contributed by atoms with Gasteiger partial charge in [0.2, 0.25) is 0 Å². The van der Waals surface area contributed by atoms with Crippen LogP contribution >= 0.6 is 0 Å². The quantitative estimate of drug-likeness (QED) is 0.652. The average molecular weight is 264 g/mol. The van der Waals surface area contributed by atoms with E-state index in [-0.39, 0.29) is 0 Å². The molecule has 1 unspecified atom stereocenters. The first kappa shape index (κ1) is 15.7. The molecule has 0 aromatic heterocycles. The molecule has 3 N–H and O–H groups in total. The minimum Gasteiger partial charge on any atom is -0.480 e. The minimum atomic E-state index is -0.822. The first-order valence-corrected chi connectivity index (χ1v) is 6.63. The summed E-state index contributed by atoms with van der Waals surface area (Å²) < 4.78 is 0. The van der Waals surface area contributed by atoms with Crippen LogP contribution in [0.4, 0.5) is 0 Å². The van der Waals surface area contributed by atoms with Crippen LogP contribution < -0.4 is 10.6 Å². The molecule has 0 amide bonds. The van der Waals surface area contributed by atoms with Gasteiger partial charge in [0.05, 0.1) is 0 Å². The van der Waals surface area contributed by atoms with Crippen LogP contribution in [-0.4, -0.2) is 37.3 Å². The van der Waals surface area contributed by atoms with Crippen molar-refractivity contribution >= 4 is 5.97 Å². The van der Waals surface area contributed by atoms with Gasteiger partial charge < -0.3 is 15.7 Å². The molecule has 1 aromatic carbocycles. The van der Waals surface area contributed by atoms with Gasteiger partial charge in [-0.05, 0) is 57.5 Å². The number of hydrogen-bond donors (Lipinski definition) is 3. The lowest BCUT2D eigenvalue weighted by Gasteiger charge is -2.14. The van der Waals surface area contributed by atoms with E-state index in [0.717, 1.165) is 13.0 Å². The van der Waals surface area contributed by atoms with E-state index in [1.165, 1.54) is 22.3 Å². The fraction of sp³-hybridized carbons (Fsp3) is 0.533. The lowest BCUT2D eigenvalue weighted by Crippen LogP contribution is -2.43. The Morgan fingerprint density at radius 3 is 2.32 bits per heavy atom. The van der Waals surface area contributed by atoms with Crippen LogP contribution in [-0.2, 0) is 11.2 Å². The molecule has 0 fully saturated rings. The largest absolute Gasteiger partial charge is 0.480 e. The molecule has 0 saturated carbocycles. The van der Waals surface area contributed by atoms with E-state index in [2.05, 4.69) is 43.5 Å². The van der Waals surface area contributed by atoms with Crippen LogP contribution in [0.25, 0.3) is 0 Å². The first-order valence-electron chi connectivity index (χ1n) is 6.63. The Kier molecular flexibility index (Phi) is 5.99. The summed E-state index contributed by atoms with van der Waals surface area (Å²) in [6.45, 7) is 7.59. The maximum Gasteiger partial charge on any atom is 0.322 e. The second-order valence-electron chi connectivity index (χ2n) is 5.01. The fourth-order valence-corrected chi connectivity index (χ4v) is 2.38. The number of likely N-dealkylation sites (N-methyl/N-ethyl adjacent to an activating group) is 1. The van der Waals surface area contributed by atoms with Crippen molar-refractivity contribution in [2.24, 2.45) is 0 Å². The number of carboxylic acids is 1. The smallest absolute Gasteiger partial charge is 0.322 e. The summed E-state index contributed by atoms with van der Waals surface area (Å²) in [6.07, 6.45) is 0.925. The second-order valence-corrected chi connectivity index (χ2v) is 5.01. The Balaban J connectivity index is 2.48. The summed E-state index contributed by atoms with van der Waals surface area (Å²) in [5, 5.41) is 14.9. The third kappa shape index (κ3) is 4.65. The van der Waals surface area contributed by atoms with Crippen molar-refractivity contribution in [3.8, 4) is 0 Å². The molecule has 0 aliphatic rings.